The fourth-order valence-electron chi connectivity index (χ4n) is 3.25. The number of rotatable bonds is 2. The molecule has 132 valence electrons. The number of nitrogens with zero attached hydrogens (tertiary/aromatic N) is 2. The predicted octanol–water partition coefficient (Wildman–Crippen LogP) is 4.19. The van der Waals surface area contributed by atoms with Gasteiger partial charge in [-0.3, -0.25) is 9.48 Å². The molecule has 0 atom stereocenters. The SMILES string of the molecule is Cc1nn(C)c(-c2cc(Cl)c3c(c2)NC(=O)CO3)c1-c1ccc(F)cc1. The Hall–Kier alpha value is -2.86. The molecule has 0 unspecified atom stereocenters. The van der Waals surface area contributed by atoms with Crippen LogP contribution in [0.15, 0.2) is 36.4 Å². The molecule has 1 N–H and O–H groups in total. The Morgan fingerprint density at radius 3 is 2.69 bits per heavy atom. The van der Waals surface area contributed by atoms with Gasteiger partial charge in [-0.1, -0.05) is 23.7 Å². The third-order valence-electron chi connectivity index (χ3n) is 4.29. The maximum absolute atomic E-state index is 13.3. The smallest absolute Gasteiger partial charge is 0.262 e. The zero-order chi connectivity index (χ0) is 18.4. The van der Waals surface area contributed by atoms with Crippen LogP contribution in [0.1, 0.15) is 5.69 Å². The van der Waals surface area contributed by atoms with Crippen molar-refractivity contribution in [2.75, 3.05) is 11.9 Å². The van der Waals surface area contributed by atoms with Crippen LogP contribution in [0.3, 0.4) is 0 Å². The quantitative estimate of drug-likeness (QED) is 0.735. The van der Waals surface area contributed by atoms with Gasteiger partial charge in [-0.25, -0.2) is 4.39 Å². The van der Waals surface area contributed by atoms with Gasteiger partial charge in [-0.15, -0.1) is 0 Å². The van der Waals surface area contributed by atoms with E-state index in [4.69, 9.17) is 16.3 Å². The van der Waals surface area contributed by atoms with Crippen LogP contribution in [0.2, 0.25) is 5.02 Å². The molecule has 0 radical (unpaired) electrons. The van der Waals surface area contributed by atoms with Crippen molar-refractivity contribution in [3.63, 3.8) is 0 Å². The summed E-state index contributed by atoms with van der Waals surface area (Å²) in [5, 5.41) is 7.68. The molecule has 0 saturated carbocycles. The second-order valence-electron chi connectivity index (χ2n) is 6.11. The fraction of sp³-hybridized carbons (Fsp3) is 0.158. The van der Waals surface area contributed by atoms with Crippen LogP contribution in [0.4, 0.5) is 10.1 Å². The van der Waals surface area contributed by atoms with E-state index in [9.17, 15) is 9.18 Å². The first-order chi connectivity index (χ1) is 12.4. The lowest BCUT2D eigenvalue weighted by molar-refractivity contribution is -0.118. The zero-order valence-corrected chi connectivity index (χ0v) is 14.9. The molecule has 26 heavy (non-hydrogen) atoms. The number of anilines is 1. The van der Waals surface area contributed by atoms with Crippen molar-refractivity contribution in [1.29, 1.82) is 0 Å². The van der Waals surface area contributed by atoms with E-state index >= 15 is 0 Å². The summed E-state index contributed by atoms with van der Waals surface area (Å²) in [6, 6.07) is 9.85. The number of carbonyl (C=O) groups excluding carboxylic acids is 1. The molecule has 0 spiro atoms. The minimum Gasteiger partial charge on any atom is -0.480 e. The molecule has 1 aromatic heterocycles. The van der Waals surface area contributed by atoms with Crippen molar-refractivity contribution in [2.45, 2.75) is 6.92 Å². The van der Waals surface area contributed by atoms with Crippen molar-refractivity contribution in [3.8, 4) is 28.1 Å². The number of hydrogen-bond acceptors (Lipinski definition) is 3. The highest BCUT2D eigenvalue weighted by atomic mass is 35.5. The number of halogens is 2. The molecule has 0 fully saturated rings. The molecule has 2 heterocycles. The number of amides is 1. The van der Waals surface area contributed by atoms with Gasteiger partial charge in [0.05, 0.1) is 22.1 Å². The van der Waals surface area contributed by atoms with Crippen LogP contribution in [-0.2, 0) is 11.8 Å². The summed E-state index contributed by atoms with van der Waals surface area (Å²) < 4.78 is 20.5. The molecule has 4 rings (SSSR count). The van der Waals surface area contributed by atoms with Crippen LogP contribution in [0.25, 0.3) is 22.4 Å². The van der Waals surface area contributed by atoms with Gasteiger partial charge in [0.15, 0.2) is 12.4 Å². The summed E-state index contributed by atoms with van der Waals surface area (Å²) in [5.74, 6) is -0.0727. The van der Waals surface area contributed by atoms with Crippen molar-refractivity contribution in [2.24, 2.45) is 7.05 Å². The van der Waals surface area contributed by atoms with Gasteiger partial charge >= 0.3 is 0 Å². The molecule has 5 nitrogen and oxygen atoms in total. The Kier molecular flexibility index (Phi) is 3.92. The molecule has 7 heteroatoms. The maximum Gasteiger partial charge on any atom is 0.262 e. The van der Waals surface area contributed by atoms with Crippen LogP contribution >= 0.6 is 11.6 Å². The van der Waals surface area contributed by atoms with Gasteiger partial charge < -0.3 is 10.1 Å². The van der Waals surface area contributed by atoms with E-state index in [2.05, 4.69) is 10.4 Å². The van der Waals surface area contributed by atoms with Crippen molar-refractivity contribution < 1.29 is 13.9 Å². The van der Waals surface area contributed by atoms with E-state index in [1.807, 2.05) is 20.0 Å². The predicted molar refractivity (Wildman–Crippen MR) is 97.9 cm³/mol. The largest absolute Gasteiger partial charge is 0.480 e. The molecule has 0 bridgehead atoms. The van der Waals surface area contributed by atoms with Gasteiger partial charge in [0.1, 0.15) is 5.82 Å². The lowest BCUT2D eigenvalue weighted by atomic mass is 9.98. The molecular formula is C19H15ClFN3O2. The number of aromatic nitrogens is 2. The lowest BCUT2D eigenvalue weighted by Crippen LogP contribution is -2.25. The summed E-state index contributed by atoms with van der Waals surface area (Å²) in [5.41, 5.74) is 4.66. The molecule has 1 amide bonds. The highest BCUT2D eigenvalue weighted by molar-refractivity contribution is 6.33. The number of carbonyl (C=O) groups is 1. The summed E-state index contributed by atoms with van der Waals surface area (Å²) in [7, 11) is 1.83. The summed E-state index contributed by atoms with van der Waals surface area (Å²) in [4.78, 5) is 11.6. The first kappa shape index (κ1) is 16.6. The minimum absolute atomic E-state index is 0.0578. The Bertz CT molecular complexity index is 1030. The zero-order valence-electron chi connectivity index (χ0n) is 14.1. The number of nitrogens with one attached hydrogen (secondary N) is 1. The Morgan fingerprint density at radius 2 is 1.96 bits per heavy atom. The number of hydrogen-bond donors (Lipinski definition) is 1. The van der Waals surface area contributed by atoms with Crippen LogP contribution < -0.4 is 10.1 Å². The highest BCUT2D eigenvalue weighted by Gasteiger charge is 2.23. The molecule has 0 saturated heterocycles. The number of fused-ring (bicyclic) bond motifs is 1. The van der Waals surface area contributed by atoms with E-state index in [1.54, 1.807) is 22.9 Å². The number of aryl methyl sites for hydroxylation is 2. The van der Waals surface area contributed by atoms with Crippen molar-refractivity contribution in [3.05, 3.63) is 52.9 Å². The average Bonchev–Trinajstić information content (AvgIpc) is 2.89. The van der Waals surface area contributed by atoms with Gasteiger partial charge in [-0.2, -0.15) is 5.10 Å². The van der Waals surface area contributed by atoms with Gasteiger partial charge in [0, 0.05) is 18.2 Å². The van der Waals surface area contributed by atoms with Gasteiger partial charge in [-0.05, 0) is 36.8 Å². The van der Waals surface area contributed by atoms with Crippen LogP contribution in [0.5, 0.6) is 5.75 Å². The third-order valence-corrected chi connectivity index (χ3v) is 4.57. The summed E-state index contributed by atoms with van der Waals surface area (Å²) in [6.07, 6.45) is 0. The second-order valence-corrected chi connectivity index (χ2v) is 6.52. The minimum atomic E-state index is -0.298. The lowest BCUT2D eigenvalue weighted by Gasteiger charge is -2.20. The van der Waals surface area contributed by atoms with E-state index < -0.39 is 0 Å². The first-order valence-corrected chi connectivity index (χ1v) is 8.38. The Morgan fingerprint density at radius 1 is 1.23 bits per heavy atom. The number of benzene rings is 2. The highest BCUT2D eigenvalue weighted by Crippen LogP contribution is 2.42. The monoisotopic (exact) mass is 371 g/mol. The summed E-state index contributed by atoms with van der Waals surface area (Å²) in [6.45, 7) is 1.84. The van der Waals surface area contributed by atoms with Crippen LogP contribution in [0, 0.1) is 12.7 Å². The first-order valence-electron chi connectivity index (χ1n) is 8.00. The van der Waals surface area contributed by atoms with Crippen molar-refractivity contribution in [1.82, 2.24) is 9.78 Å². The summed E-state index contributed by atoms with van der Waals surface area (Å²) >= 11 is 6.37. The van der Waals surface area contributed by atoms with E-state index in [1.165, 1.54) is 12.1 Å². The van der Waals surface area contributed by atoms with Crippen molar-refractivity contribution >= 4 is 23.2 Å². The second kappa shape index (κ2) is 6.14. The topological polar surface area (TPSA) is 56.2 Å². The molecule has 2 aromatic carbocycles. The van der Waals surface area contributed by atoms with Gasteiger partial charge in [0.25, 0.3) is 5.91 Å². The molecule has 1 aliphatic heterocycles. The molecule has 1 aliphatic rings. The van der Waals surface area contributed by atoms with E-state index in [-0.39, 0.29) is 18.3 Å². The average molecular weight is 372 g/mol. The van der Waals surface area contributed by atoms with Gasteiger partial charge in [0.2, 0.25) is 0 Å². The van der Waals surface area contributed by atoms with E-state index in [0.717, 1.165) is 28.1 Å². The molecule has 0 aliphatic carbocycles. The maximum atomic E-state index is 13.3. The Balaban J connectivity index is 1.92. The fourth-order valence-corrected chi connectivity index (χ4v) is 3.52. The van der Waals surface area contributed by atoms with E-state index in [0.29, 0.717) is 16.5 Å². The third kappa shape index (κ3) is 2.72. The molecule has 3 aromatic rings. The number of ether oxygens (including phenoxy) is 1. The van der Waals surface area contributed by atoms with Crippen LogP contribution in [-0.4, -0.2) is 22.3 Å². The standard InChI is InChI=1S/C19H15ClFN3O2/c1-10-17(11-3-5-13(21)6-4-11)18(24(2)23-10)12-7-14(20)19-15(8-12)22-16(25)9-26-19/h3-8H,9H2,1-2H3,(H,22,25). The Labute approximate surface area is 154 Å². The normalized spacial score (nSPS) is 13.2. The molecular weight excluding hydrogens is 357 g/mol.